The third-order valence-electron chi connectivity index (χ3n) is 3.56. The number of hydrogen-bond donors (Lipinski definition) is 2. The maximum absolute atomic E-state index is 12.5. The molecule has 0 radical (unpaired) electrons. The second-order valence-corrected chi connectivity index (χ2v) is 7.14. The van der Waals surface area contributed by atoms with E-state index in [0.717, 1.165) is 14.5 Å². The van der Waals surface area contributed by atoms with E-state index in [4.69, 9.17) is 0 Å². The van der Waals surface area contributed by atoms with Crippen LogP contribution in [0.15, 0.2) is 57.5 Å². The Morgan fingerprint density at radius 1 is 1.12 bits per heavy atom. The summed E-state index contributed by atoms with van der Waals surface area (Å²) < 4.78 is 1.77. The van der Waals surface area contributed by atoms with Crippen molar-refractivity contribution in [2.45, 2.75) is 19.6 Å². The zero-order chi connectivity index (χ0) is 18.4. The van der Waals surface area contributed by atoms with E-state index in [-0.39, 0.29) is 6.54 Å². The first-order valence-electron chi connectivity index (χ1n) is 7.69. The third kappa shape index (κ3) is 5.39. The van der Waals surface area contributed by atoms with E-state index in [1.54, 1.807) is 31.2 Å². The molecule has 0 spiro atoms. The summed E-state index contributed by atoms with van der Waals surface area (Å²) >= 11 is 6.69. The predicted octanol–water partition coefficient (Wildman–Crippen LogP) is 3.24. The first-order valence-corrected chi connectivity index (χ1v) is 9.28. The molecule has 0 bridgehead atoms. The lowest BCUT2D eigenvalue weighted by Crippen LogP contribution is -2.47. The van der Waals surface area contributed by atoms with Gasteiger partial charge in [-0.3, -0.25) is 9.59 Å². The Balaban J connectivity index is 2.01. The molecule has 0 heterocycles. The van der Waals surface area contributed by atoms with Crippen molar-refractivity contribution in [3.8, 4) is 0 Å². The van der Waals surface area contributed by atoms with Gasteiger partial charge in [0, 0.05) is 27.7 Å². The molecule has 0 fully saturated rings. The summed E-state index contributed by atoms with van der Waals surface area (Å²) in [6.45, 7) is 2.36. The number of carbonyl (C=O) groups excluding carboxylic acids is 2. The molecule has 2 aromatic rings. The van der Waals surface area contributed by atoms with Gasteiger partial charge in [-0.1, -0.05) is 44.0 Å². The first-order chi connectivity index (χ1) is 11.9. The minimum absolute atomic E-state index is 0.229. The molecule has 0 aliphatic heterocycles. The maximum Gasteiger partial charge on any atom is 0.265 e. The van der Waals surface area contributed by atoms with Crippen molar-refractivity contribution < 1.29 is 14.7 Å². The van der Waals surface area contributed by atoms with Crippen LogP contribution in [0.4, 0.5) is 5.69 Å². The number of halogens is 2. The highest BCUT2D eigenvalue weighted by Gasteiger charge is 2.28. The van der Waals surface area contributed by atoms with Crippen molar-refractivity contribution in [2.24, 2.45) is 0 Å². The van der Waals surface area contributed by atoms with Gasteiger partial charge in [-0.2, -0.15) is 0 Å². The molecule has 0 aliphatic rings. The van der Waals surface area contributed by atoms with Gasteiger partial charge in [0.1, 0.15) is 0 Å². The molecule has 1 atom stereocenters. The fourth-order valence-corrected chi connectivity index (χ4v) is 2.99. The number of aliphatic hydroxyl groups is 1. The van der Waals surface area contributed by atoms with Crippen molar-refractivity contribution in [3.05, 3.63) is 63.0 Å². The summed E-state index contributed by atoms with van der Waals surface area (Å²) in [5, 5.41) is 12.7. The normalized spacial score (nSPS) is 11.7. The zero-order valence-corrected chi connectivity index (χ0v) is 16.7. The number of rotatable bonds is 6. The third-order valence-corrected chi connectivity index (χ3v) is 4.58. The van der Waals surface area contributed by atoms with E-state index < -0.39 is 17.9 Å². The number of nitrogens with zero attached hydrogens (tertiary/aromatic N) is 1. The van der Waals surface area contributed by atoms with E-state index in [0.29, 0.717) is 12.2 Å². The van der Waals surface area contributed by atoms with Crippen molar-refractivity contribution in [1.29, 1.82) is 0 Å². The van der Waals surface area contributed by atoms with E-state index in [1.807, 2.05) is 24.3 Å². The van der Waals surface area contributed by atoms with E-state index in [2.05, 4.69) is 37.2 Å². The Hall–Kier alpha value is -1.70. The fraction of sp³-hybridized carbons (Fsp3) is 0.222. The molecule has 2 rings (SSSR count). The quantitative estimate of drug-likeness (QED) is 0.638. The van der Waals surface area contributed by atoms with Crippen molar-refractivity contribution in [3.63, 3.8) is 0 Å². The molecule has 0 saturated heterocycles. The second kappa shape index (κ2) is 9.12. The van der Waals surface area contributed by atoms with Gasteiger partial charge in [-0.05, 0) is 48.9 Å². The molecule has 2 amide bonds. The SMILES string of the molecule is CCN(C(=O)[C@@H](O)C(=O)NCc1cccc(Br)c1)c1ccc(Br)cc1. The highest BCUT2D eigenvalue weighted by molar-refractivity contribution is 9.10. The van der Waals surface area contributed by atoms with Crippen LogP contribution in [0.25, 0.3) is 0 Å². The van der Waals surface area contributed by atoms with Gasteiger partial charge < -0.3 is 15.3 Å². The minimum Gasteiger partial charge on any atom is -0.375 e. The molecule has 0 aromatic heterocycles. The Bertz CT molecular complexity index is 750. The Morgan fingerprint density at radius 2 is 1.80 bits per heavy atom. The van der Waals surface area contributed by atoms with Crippen LogP contribution in [0.1, 0.15) is 12.5 Å². The number of carbonyl (C=O) groups is 2. The lowest BCUT2D eigenvalue weighted by Gasteiger charge is -2.23. The van der Waals surface area contributed by atoms with Gasteiger partial charge in [0.05, 0.1) is 0 Å². The standard InChI is InChI=1S/C18H18Br2N2O3/c1-2-22(15-8-6-13(19)7-9-15)18(25)16(23)17(24)21-11-12-4-3-5-14(20)10-12/h3-10,16,23H,2,11H2,1H3,(H,21,24)/t16-/m0/s1. The molecule has 5 nitrogen and oxygen atoms in total. The molecular weight excluding hydrogens is 452 g/mol. The average Bonchev–Trinajstić information content (AvgIpc) is 2.61. The van der Waals surface area contributed by atoms with Crippen LogP contribution in [-0.2, 0) is 16.1 Å². The van der Waals surface area contributed by atoms with E-state index >= 15 is 0 Å². The van der Waals surface area contributed by atoms with Gasteiger partial charge in [0.2, 0.25) is 6.10 Å². The molecule has 25 heavy (non-hydrogen) atoms. The molecule has 2 aromatic carbocycles. The van der Waals surface area contributed by atoms with Gasteiger partial charge in [0.25, 0.3) is 11.8 Å². The van der Waals surface area contributed by atoms with E-state index in [9.17, 15) is 14.7 Å². The molecule has 0 saturated carbocycles. The Labute approximate surface area is 163 Å². The monoisotopic (exact) mass is 468 g/mol. The van der Waals surface area contributed by atoms with Crippen LogP contribution in [0.5, 0.6) is 0 Å². The van der Waals surface area contributed by atoms with Crippen LogP contribution in [0.3, 0.4) is 0 Å². The molecule has 132 valence electrons. The highest BCUT2D eigenvalue weighted by atomic mass is 79.9. The summed E-state index contributed by atoms with van der Waals surface area (Å²) in [5.74, 6) is -1.38. The largest absolute Gasteiger partial charge is 0.375 e. The van der Waals surface area contributed by atoms with Gasteiger partial charge >= 0.3 is 0 Å². The topological polar surface area (TPSA) is 69.6 Å². The van der Waals surface area contributed by atoms with Crippen LogP contribution < -0.4 is 10.2 Å². The first kappa shape index (κ1) is 19.6. The number of hydrogen-bond acceptors (Lipinski definition) is 3. The summed E-state index contributed by atoms with van der Waals surface area (Å²) in [5.41, 5.74) is 1.48. The smallest absolute Gasteiger partial charge is 0.265 e. The molecule has 0 aliphatic carbocycles. The molecule has 2 N–H and O–H groups in total. The molecular formula is C18H18Br2N2O3. The van der Waals surface area contributed by atoms with Gasteiger partial charge in [0.15, 0.2) is 0 Å². The number of anilines is 1. The highest BCUT2D eigenvalue weighted by Crippen LogP contribution is 2.19. The lowest BCUT2D eigenvalue weighted by atomic mass is 10.2. The summed E-state index contributed by atoms with van der Waals surface area (Å²) in [6, 6.07) is 14.5. The summed E-state index contributed by atoms with van der Waals surface area (Å²) in [4.78, 5) is 26.0. The van der Waals surface area contributed by atoms with Crippen LogP contribution in [0.2, 0.25) is 0 Å². The minimum atomic E-state index is -1.75. The molecule has 7 heteroatoms. The van der Waals surface area contributed by atoms with Crippen molar-refractivity contribution in [1.82, 2.24) is 5.32 Å². The Kier molecular flexibility index (Phi) is 7.16. The predicted molar refractivity (Wildman–Crippen MR) is 104 cm³/mol. The summed E-state index contributed by atoms with van der Waals surface area (Å²) in [6.07, 6.45) is -1.75. The van der Waals surface area contributed by atoms with Crippen LogP contribution >= 0.6 is 31.9 Å². The second-order valence-electron chi connectivity index (χ2n) is 5.31. The number of benzene rings is 2. The number of likely N-dealkylation sites (N-methyl/N-ethyl adjacent to an activating group) is 1. The van der Waals surface area contributed by atoms with Crippen LogP contribution in [0, 0.1) is 0 Å². The summed E-state index contributed by atoms with van der Waals surface area (Å²) in [7, 11) is 0. The van der Waals surface area contributed by atoms with Crippen LogP contribution in [-0.4, -0.2) is 29.6 Å². The maximum atomic E-state index is 12.5. The number of amides is 2. The number of nitrogens with one attached hydrogen (secondary N) is 1. The molecule has 0 unspecified atom stereocenters. The van der Waals surface area contributed by atoms with E-state index in [1.165, 1.54) is 4.90 Å². The Morgan fingerprint density at radius 3 is 2.40 bits per heavy atom. The zero-order valence-electron chi connectivity index (χ0n) is 13.6. The average molecular weight is 470 g/mol. The lowest BCUT2D eigenvalue weighted by molar-refractivity contribution is -0.139. The fourth-order valence-electron chi connectivity index (χ4n) is 2.28. The van der Waals surface area contributed by atoms with Crippen molar-refractivity contribution in [2.75, 3.05) is 11.4 Å². The number of aliphatic hydroxyl groups excluding tert-OH is 1. The van der Waals surface area contributed by atoms with Gasteiger partial charge in [-0.15, -0.1) is 0 Å². The van der Waals surface area contributed by atoms with Crippen molar-refractivity contribution >= 4 is 49.4 Å². The van der Waals surface area contributed by atoms with Gasteiger partial charge in [-0.25, -0.2) is 0 Å².